The Hall–Kier alpha value is -1.55. The fourth-order valence-electron chi connectivity index (χ4n) is 1.17. The van der Waals surface area contributed by atoms with Gasteiger partial charge in [-0.2, -0.15) is 0 Å². The predicted octanol–water partition coefficient (Wildman–Crippen LogP) is 1.00. The van der Waals surface area contributed by atoms with Crippen molar-refractivity contribution in [1.29, 1.82) is 0 Å². The number of methoxy groups -OCH3 is 1. The van der Waals surface area contributed by atoms with Gasteiger partial charge in [0.15, 0.2) is 0 Å². The number of rotatable bonds is 3. The van der Waals surface area contributed by atoms with E-state index in [1.807, 2.05) is 24.3 Å². The van der Waals surface area contributed by atoms with Gasteiger partial charge < -0.3 is 15.8 Å². The van der Waals surface area contributed by atoms with E-state index in [0.29, 0.717) is 13.1 Å². The van der Waals surface area contributed by atoms with Gasteiger partial charge in [0.05, 0.1) is 7.11 Å². The predicted molar refractivity (Wildman–Crippen MR) is 53.6 cm³/mol. The molecule has 0 aliphatic heterocycles. The fourth-order valence-corrected chi connectivity index (χ4v) is 1.17. The molecule has 1 rings (SSSR count). The summed E-state index contributed by atoms with van der Waals surface area (Å²) in [6, 6.07) is 7.70. The van der Waals surface area contributed by atoms with Crippen molar-refractivity contribution in [2.75, 3.05) is 7.11 Å². The third-order valence-electron chi connectivity index (χ3n) is 1.95. The molecule has 0 spiro atoms. The summed E-state index contributed by atoms with van der Waals surface area (Å²) in [5.74, 6) is 0. The largest absolute Gasteiger partial charge is 0.453 e. The Morgan fingerprint density at radius 3 is 2.64 bits per heavy atom. The minimum atomic E-state index is -0.433. The molecule has 0 heterocycles. The summed E-state index contributed by atoms with van der Waals surface area (Å²) in [6.45, 7) is 0.916. The molecule has 0 aromatic heterocycles. The van der Waals surface area contributed by atoms with Crippen LogP contribution >= 0.6 is 0 Å². The quantitative estimate of drug-likeness (QED) is 0.754. The first-order chi connectivity index (χ1) is 6.77. The molecule has 1 amide bonds. The maximum absolute atomic E-state index is 10.8. The van der Waals surface area contributed by atoms with Crippen molar-refractivity contribution in [2.45, 2.75) is 13.1 Å². The molecule has 76 valence electrons. The number of hydrogen-bond donors (Lipinski definition) is 2. The Balaban J connectivity index is 2.61. The molecule has 4 nitrogen and oxygen atoms in total. The third kappa shape index (κ3) is 2.74. The molecule has 0 radical (unpaired) electrons. The van der Waals surface area contributed by atoms with Crippen LogP contribution in [0.3, 0.4) is 0 Å². The number of carbonyl (C=O) groups is 1. The minimum Gasteiger partial charge on any atom is -0.453 e. The van der Waals surface area contributed by atoms with Gasteiger partial charge in [0.2, 0.25) is 0 Å². The Bertz CT molecular complexity index is 313. The number of alkyl carbamates (subject to hydrolysis) is 1. The molecule has 0 atom stereocenters. The van der Waals surface area contributed by atoms with Crippen molar-refractivity contribution in [3.63, 3.8) is 0 Å². The number of benzene rings is 1. The van der Waals surface area contributed by atoms with Crippen LogP contribution in [0.15, 0.2) is 24.3 Å². The van der Waals surface area contributed by atoms with E-state index in [9.17, 15) is 4.79 Å². The maximum atomic E-state index is 10.8. The lowest BCUT2D eigenvalue weighted by atomic mass is 10.1. The van der Waals surface area contributed by atoms with Gasteiger partial charge in [-0.05, 0) is 11.1 Å². The van der Waals surface area contributed by atoms with Crippen LogP contribution in [0.25, 0.3) is 0 Å². The van der Waals surface area contributed by atoms with Gasteiger partial charge in [-0.15, -0.1) is 0 Å². The fraction of sp³-hybridized carbons (Fsp3) is 0.300. The topological polar surface area (TPSA) is 64.3 Å². The number of nitrogens with one attached hydrogen (secondary N) is 1. The minimum absolute atomic E-state index is 0.433. The third-order valence-corrected chi connectivity index (χ3v) is 1.95. The second kappa shape index (κ2) is 5.24. The van der Waals surface area contributed by atoms with Crippen molar-refractivity contribution < 1.29 is 9.53 Å². The zero-order chi connectivity index (χ0) is 10.4. The molecule has 1 aromatic rings. The van der Waals surface area contributed by atoms with Crippen LogP contribution in [-0.4, -0.2) is 13.2 Å². The normalized spacial score (nSPS) is 9.57. The summed E-state index contributed by atoms with van der Waals surface area (Å²) in [6.07, 6.45) is -0.433. The van der Waals surface area contributed by atoms with Crippen molar-refractivity contribution in [2.24, 2.45) is 5.73 Å². The smallest absolute Gasteiger partial charge is 0.407 e. The zero-order valence-electron chi connectivity index (χ0n) is 8.12. The summed E-state index contributed by atoms with van der Waals surface area (Å²) in [5, 5.41) is 2.61. The highest BCUT2D eigenvalue weighted by molar-refractivity contribution is 5.66. The monoisotopic (exact) mass is 194 g/mol. The van der Waals surface area contributed by atoms with Gasteiger partial charge in [0, 0.05) is 13.1 Å². The first-order valence-corrected chi connectivity index (χ1v) is 4.36. The van der Waals surface area contributed by atoms with Gasteiger partial charge in [0.25, 0.3) is 0 Å². The second-order valence-corrected chi connectivity index (χ2v) is 2.82. The molecule has 4 heteroatoms. The summed E-state index contributed by atoms with van der Waals surface area (Å²) >= 11 is 0. The average Bonchev–Trinajstić information content (AvgIpc) is 2.26. The molecule has 0 aliphatic rings. The molecule has 14 heavy (non-hydrogen) atoms. The van der Waals surface area contributed by atoms with Crippen LogP contribution in [0.4, 0.5) is 4.79 Å². The number of hydrogen-bond acceptors (Lipinski definition) is 3. The van der Waals surface area contributed by atoms with E-state index < -0.39 is 6.09 Å². The highest BCUT2D eigenvalue weighted by Crippen LogP contribution is 2.07. The molecule has 0 saturated carbocycles. The average molecular weight is 194 g/mol. The number of ether oxygens (including phenoxy) is 1. The molecule has 0 fully saturated rings. The standard InChI is InChI=1S/C10H14N2O2/c1-14-10(13)12-7-9-5-3-2-4-8(9)6-11/h2-5H,6-7,11H2,1H3,(H,12,13). The molecule has 0 unspecified atom stereocenters. The number of amides is 1. The van der Waals surface area contributed by atoms with Crippen LogP contribution < -0.4 is 11.1 Å². The molecular formula is C10H14N2O2. The van der Waals surface area contributed by atoms with E-state index in [4.69, 9.17) is 5.73 Å². The van der Waals surface area contributed by atoms with Crippen LogP contribution in [-0.2, 0) is 17.8 Å². The van der Waals surface area contributed by atoms with Crippen molar-refractivity contribution in [3.8, 4) is 0 Å². The molecule has 0 saturated heterocycles. The lowest BCUT2D eigenvalue weighted by Crippen LogP contribution is -2.23. The van der Waals surface area contributed by atoms with Crippen molar-refractivity contribution in [1.82, 2.24) is 5.32 Å². The number of nitrogens with two attached hydrogens (primary N) is 1. The van der Waals surface area contributed by atoms with Crippen molar-refractivity contribution >= 4 is 6.09 Å². The van der Waals surface area contributed by atoms with Gasteiger partial charge in [-0.25, -0.2) is 4.79 Å². The summed E-state index contributed by atoms with van der Waals surface area (Å²) in [5.41, 5.74) is 7.59. The van der Waals surface area contributed by atoms with E-state index in [-0.39, 0.29) is 0 Å². The molecular weight excluding hydrogens is 180 g/mol. The SMILES string of the molecule is COC(=O)NCc1ccccc1CN. The molecule has 3 N–H and O–H groups in total. The van der Waals surface area contributed by atoms with Crippen molar-refractivity contribution in [3.05, 3.63) is 35.4 Å². The lowest BCUT2D eigenvalue weighted by Gasteiger charge is -2.07. The Kier molecular flexibility index (Phi) is 3.94. The number of carbonyl (C=O) groups excluding carboxylic acids is 1. The van der Waals surface area contributed by atoms with E-state index in [2.05, 4.69) is 10.1 Å². The molecule has 0 bridgehead atoms. The van der Waals surface area contributed by atoms with Gasteiger partial charge in [-0.3, -0.25) is 0 Å². The van der Waals surface area contributed by atoms with E-state index >= 15 is 0 Å². The van der Waals surface area contributed by atoms with Gasteiger partial charge in [0.1, 0.15) is 0 Å². The Labute approximate surface area is 83.1 Å². The molecule has 0 aliphatic carbocycles. The Morgan fingerprint density at radius 2 is 2.07 bits per heavy atom. The van der Waals surface area contributed by atoms with Crippen LogP contribution in [0.5, 0.6) is 0 Å². The Morgan fingerprint density at radius 1 is 1.43 bits per heavy atom. The zero-order valence-corrected chi connectivity index (χ0v) is 8.12. The van der Waals surface area contributed by atoms with E-state index in [0.717, 1.165) is 11.1 Å². The van der Waals surface area contributed by atoms with E-state index in [1.54, 1.807) is 0 Å². The summed E-state index contributed by atoms with van der Waals surface area (Å²) in [7, 11) is 1.34. The summed E-state index contributed by atoms with van der Waals surface area (Å²) < 4.78 is 4.46. The van der Waals surface area contributed by atoms with Crippen LogP contribution in [0.1, 0.15) is 11.1 Å². The first kappa shape index (κ1) is 10.5. The van der Waals surface area contributed by atoms with E-state index in [1.165, 1.54) is 7.11 Å². The highest BCUT2D eigenvalue weighted by Gasteiger charge is 2.02. The maximum Gasteiger partial charge on any atom is 0.407 e. The lowest BCUT2D eigenvalue weighted by molar-refractivity contribution is 0.170. The second-order valence-electron chi connectivity index (χ2n) is 2.82. The van der Waals surface area contributed by atoms with Gasteiger partial charge >= 0.3 is 6.09 Å². The van der Waals surface area contributed by atoms with Gasteiger partial charge in [-0.1, -0.05) is 24.3 Å². The molecule has 1 aromatic carbocycles. The van der Waals surface area contributed by atoms with Crippen LogP contribution in [0.2, 0.25) is 0 Å². The summed E-state index contributed by atoms with van der Waals surface area (Å²) in [4.78, 5) is 10.8. The highest BCUT2D eigenvalue weighted by atomic mass is 16.5. The van der Waals surface area contributed by atoms with Crippen LogP contribution in [0, 0.1) is 0 Å². The first-order valence-electron chi connectivity index (χ1n) is 4.36.